The number of anilines is 1. The van der Waals surface area contributed by atoms with Gasteiger partial charge in [0.1, 0.15) is 0 Å². The lowest BCUT2D eigenvalue weighted by Gasteiger charge is -2.26. The molecule has 1 aliphatic heterocycles. The van der Waals surface area contributed by atoms with Gasteiger partial charge in [-0.3, -0.25) is 9.69 Å². The van der Waals surface area contributed by atoms with E-state index in [0.29, 0.717) is 18.1 Å². The Morgan fingerprint density at radius 2 is 1.70 bits per heavy atom. The molecule has 0 aliphatic carbocycles. The van der Waals surface area contributed by atoms with Crippen molar-refractivity contribution in [1.29, 1.82) is 0 Å². The van der Waals surface area contributed by atoms with Crippen LogP contribution in [0.2, 0.25) is 0 Å². The number of amides is 1. The molecule has 1 aliphatic rings. The third-order valence-corrected chi connectivity index (χ3v) is 4.26. The zero-order chi connectivity index (χ0) is 18.9. The van der Waals surface area contributed by atoms with E-state index in [0.717, 1.165) is 38.5 Å². The highest BCUT2D eigenvalue weighted by atomic mass is 16.5. The number of carbonyl (C=O) groups is 1. The lowest BCUT2D eigenvalue weighted by Crippen LogP contribution is -2.35. The van der Waals surface area contributed by atoms with E-state index in [1.807, 2.05) is 49.4 Å². The molecule has 3 rings (SSSR count). The molecule has 144 valence electrons. The van der Waals surface area contributed by atoms with Crippen molar-refractivity contribution in [3.8, 4) is 11.5 Å². The third-order valence-electron chi connectivity index (χ3n) is 4.26. The third kappa shape index (κ3) is 5.98. The predicted octanol–water partition coefficient (Wildman–Crippen LogP) is 2.94. The van der Waals surface area contributed by atoms with Crippen molar-refractivity contribution >= 4 is 11.6 Å². The smallest absolute Gasteiger partial charge is 0.262 e. The number of carbonyl (C=O) groups excluding carboxylic acids is 1. The van der Waals surface area contributed by atoms with Crippen LogP contribution in [-0.4, -0.2) is 50.3 Å². The summed E-state index contributed by atoms with van der Waals surface area (Å²) in [6.45, 7) is 6.78. The second-order valence-electron chi connectivity index (χ2n) is 6.30. The van der Waals surface area contributed by atoms with Crippen LogP contribution in [0.4, 0.5) is 5.69 Å². The Morgan fingerprint density at radius 3 is 2.37 bits per heavy atom. The summed E-state index contributed by atoms with van der Waals surface area (Å²) in [4.78, 5) is 14.5. The lowest BCUT2D eigenvalue weighted by molar-refractivity contribution is -0.118. The normalized spacial score (nSPS) is 14.6. The molecule has 0 aromatic heterocycles. The van der Waals surface area contributed by atoms with Gasteiger partial charge in [-0.25, -0.2) is 0 Å². The molecule has 0 unspecified atom stereocenters. The fourth-order valence-electron chi connectivity index (χ4n) is 2.90. The maximum Gasteiger partial charge on any atom is 0.262 e. The standard InChI is InChI=1S/C21H26N2O4/c1-2-26-19-5-3-4-6-20(19)27-16-21(24)22-18-9-7-17(8-10-18)15-23-11-13-25-14-12-23/h3-10H,2,11-16H2,1H3,(H,22,24). The average Bonchev–Trinajstić information content (AvgIpc) is 2.70. The first-order valence-electron chi connectivity index (χ1n) is 9.28. The predicted molar refractivity (Wildman–Crippen MR) is 104 cm³/mol. The van der Waals surface area contributed by atoms with Crippen LogP contribution >= 0.6 is 0 Å². The highest BCUT2D eigenvalue weighted by Gasteiger charge is 2.11. The van der Waals surface area contributed by atoms with Gasteiger partial charge in [-0.05, 0) is 36.8 Å². The second-order valence-corrected chi connectivity index (χ2v) is 6.30. The number of morpholine rings is 1. The summed E-state index contributed by atoms with van der Waals surface area (Å²) in [6.07, 6.45) is 0. The molecule has 0 saturated carbocycles. The van der Waals surface area contributed by atoms with E-state index < -0.39 is 0 Å². The van der Waals surface area contributed by atoms with Crippen molar-refractivity contribution in [2.45, 2.75) is 13.5 Å². The maximum absolute atomic E-state index is 12.2. The summed E-state index contributed by atoms with van der Waals surface area (Å²) in [6, 6.07) is 15.2. The van der Waals surface area contributed by atoms with E-state index in [-0.39, 0.29) is 12.5 Å². The summed E-state index contributed by atoms with van der Waals surface area (Å²) in [5.74, 6) is 0.998. The molecular weight excluding hydrogens is 344 g/mol. The Bertz CT molecular complexity index is 727. The first kappa shape index (κ1) is 19.2. The van der Waals surface area contributed by atoms with Crippen LogP contribution in [0.5, 0.6) is 11.5 Å². The largest absolute Gasteiger partial charge is 0.490 e. The minimum atomic E-state index is -0.206. The van der Waals surface area contributed by atoms with Crippen molar-refractivity contribution in [3.05, 3.63) is 54.1 Å². The van der Waals surface area contributed by atoms with E-state index >= 15 is 0 Å². The quantitative estimate of drug-likeness (QED) is 0.774. The number of nitrogens with one attached hydrogen (secondary N) is 1. The van der Waals surface area contributed by atoms with Gasteiger partial charge in [0.25, 0.3) is 5.91 Å². The minimum absolute atomic E-state index is 0.0698. The number of rotatable bonds is 8. The van der Waals surface area contributed by atoms with Gasteiger partial charge in [0.05, 0.1) is 19.8 Å². The van der Waals surface area contributed by atoms with Gasteiger partial charge >= 0.3 is 0 Å². The Balaban J connectivity index is 1.48. The van der Waals surface area contributed by atoms with Gasteiger partial charge in [0.15, 0.2) is 18.1 Å². The molecule has 1 fully saturated rings. The minimum Gasteiger partial charge on any atom is -0.490 e. The average molecular weight is 370 g/mol. The Morgan fingerprint density at radius 1 is 1.04 bits per heavy atom. The van der Waals surface area contributed by atoms with Gasteiger partial charge in [-0.1, -0.05) is 24.3 Å². The summed E-state index contributed by atoms with van der Waals surface area (Å²) in [5.41, 5.74) is 1.98. The molecule has 1 heterocycles. The Hall–Kier alpha value is -2.57. The first-order chi connectivity index (χ1) is 13.2. The van der Waals surface area contributed by atoms with Gasteiger partial charge in [0, 0.05) is 25.3 Å². The molecule has 0 spiro atoms. The highest BCUT2D eigenvalue weighted by molar-refractivity contribution is 5.91. The van der Waals surface area contributed by atoms with E-state index in [1.165, 1.54) is 5.56 Å². The maximum atomic E-state index is 12.2. The molecule has 1 N–H and O–H groups in total. The van der Waals surface area contributed by atoms with Crippen molar-refractivity contribution in [2.75, 3.05) is 44.8 Å². The van der Waals surface area contributed by atoms with Crippen molar-refractivity contribution < 1.29 is 19.0 Å². The SMILES string of the molecule is CCOc1ccccc1OCC(=O)Nc1ccc(CN2CCOCC2)cc1. The molecule has 6 nitrogen and oxygen atoms in total. The Labute approximate surface area is 160 Å². The van der Waals surface area contributed by atoms with Crippen LogP contribution in [-0.2, 0) is 16.1 Å². The molecule has 27 heavy (non-hydrogen) atoms. The summed E-state index contributed by atoms with van der Waals surface area (Å²) in [5, 5.41) is 2.86. The van der Waals surface area contributed by atoms with E-state index in [1.54, 1.807) is 6.07 Å². The Kier molecular flexibility index (Phi) is 7.07. The summed E-state index contributed by atoms with van der Waals surface area (Å²) in [7, 11) is 0. The van der Waals surface area contributed by atoms with E-state index in [2.05, 4.69) is 10.2 Å². The summed E-state index contributed by atoms with van der Waals surface area (Å²) >= 11 is 0. The van der Waals surface area contributed by atoms with Gasteiger partial charge in [-0.15, -0.1) is 0 Å². The van der Waals surface area contributed by atoms with Crippen LogP contribution < -0.4 is 14.8 Å². The molecule has 1 saturated heterocycles. The number of para-hydroxylation sites is 2. The van der Waals surface area contributed by atoms with Crippen LogP contribution in [0.15, 0.2) is 48.5 Å². The number of hydrogen-bond donors (Lipinski definition) is 1. The highest BCUT2D eigenvalue weighted by Crippen LogP contribution is 2.26. The molecule has 1 amide bonds. The fraction of sp³-hybridized carbons (Fsp3) is 0.381. The van der Waals surface area contributed by atoms with E-state index in [9.17, 15) is 4.79 Å². The topological polar surface area (TPSA) is 60.0 Å². The molecule has 0 radical (unpaired) electrons. The number of hydrogen-bond acceptors (Lipinski definition) is 5. The molecule has 0 bridgehead atoms. The van der Waals surface area contributed by atoms with Crippen LogP contribution in [0, 0.1) is 0 Å². The lowest BCUT2D eigenvalue weighted by atomic mass is 10.2. The molecule has 0 atom stereocenters. The monoisotopic (exact) mass is 370 g/mol. The van der Waals surface area contributed by atoms with Gasteiger partial charge in [0.2, 0.25) is 0 Å². The molecule has 6 heteroatoms. The van der Waals surface area contributed by atoms with Crippen molar-refractivity contribution in [3.63, 3.8) is 0 Å². The number of benzene rings is 2. The van der Waals surface area contributed by atoms with Crippen LogP contribution in [0.25, 0.3) is 0 Å². The molecule has 2 aromatic rings. The summed E-state index contributed by atoms with van der Waals surface area (Å²) < 4.78 is 16.5. The molecular formula is C21H26N2O4. The number of nitrogens with zero attached hydrogens (tertiary/aromatic N) is 1. The van der Waals surface area contributed by atoms with Gasteiger partial charge in [-0.2, -0.15) is 0 Å². The first-order valence-corrected chi connectivity index (χ1v) is 9.28. The van der Waals surface area contributed by atoms with Crippen LogP contribution in [0.3, 0.4) is 0 Å². The second kappa shape index (κ2) is 9.94. The fourth-order valence-corrected chi connectivity index (χ4v) is 2.90. The van der Waals surface area contributed by atoms with Crippen molar-refractivity contribution in [1.82, 2.24) is 4.90 Å². The molecule has 2 aromatic carbocycles. The van der Waals surface area contributed by atoms with Crippen LogP contribution in [0.1, 0.15) is 12.5 Å². The van der Waals surface area contributed by atoms with E-state index in [4.69, 9.17) is 14.2 Å². The number of ether oxygens (including phenoxy) is 3. The van der Waals surface area contributed by atoms with Gasteiger partial charge < -0.3 is 19.5 Å². The zero-order valence-corrected chi connectivity index (χ0v) is 15.6. The zero-order valence-electron chi connectivity index (χ0n) is 15.6. The van der Waals surface area contributed by atoms with Crippen molar-refractivity contribution in [2.24, 2.45) is 0 Å².